The molecular formula is C13H14Cl2FNO2. The molecule has 0 amide bonds. The van der Waals surface area contributed by atoms with Gasteiger partial charge in [-0.1, -0.05) is 35.7 Å². The van der Waals surface area contributed by atoms with Crippen LogP contribution in [-0.2, 0) is 11.3 Å². The molecule has 1 saturated heterocycles. The Morgan fingerprint density at radius 1 is 1.37 bits per heavy atom. The third kappa shape index (κ3) is 3.19. The van der Waals surface area contributed by atoms with Gasteiger partial charge in [-0.15, -0.1) is 0 Å². The lowest BCUT2D eigenvalue weighted by Crippen LogP contribution is -2.44. The van der Waals surface area contributed by atoms with Gasteiger partial charge in [-0.05, 0) is 31.0 Å². The Bertz CT molecular complexity index is 496. The van der Waals surface area contributed by atoms with Crippen LogP contribution in [0.15, 0.2) is 12.1 Å². The smallest absolute Gasteiger partial charge is 0.320 e. The van der Waals surface area contributed by atoms with E-state index in [-0.39, 0.29) is 10.0 Å². The maximum atomic E-state index is 13.2. The van der Waals surface area contributed by atoms with Crippen molar-refractivity contribution in [1.29, 1.82) is 0 Å². The quantitative estimate of drug-likeness (QED) is 0.868. The molecule has 6 heteroatoms. The van der Waals surface area contributed by atoms with E-state index in [0.717, 1.165) is 12.8 Å². The first-order valence-electron chi connectivity index (χ1n) is 6.10. The highest BCUT2D eigenvalue weighted by atomic mass is 35.5. The van der Waals surface area contributed by atoms with E-state index < -0.39 is 17.8 Å². The number of aliphatic carboxylic acids is 1. The number of halogens is 3. The van der Waals surface area contributed by atoms with E-state index in [0.29, 0.717) is 25.1 Å². The lowest BCUT2D eigenvalue weighted by atomic mass is 10.0. The molecule has 19 heavy (non-hydrogen) atoms. The molecule has 3 nitrogen and oxygen atoms in total. The summed E-state index contributed by atoms with van der Waals surface area (Å²) in [5, 5.41) is 9.25. The third-order valence-corrected chi connectivity index (χ3v) is 4.29. The van der Waals surface area contributed by atoms with Crippen LogP contribution in [0.3, 0.4) is 0 Å². The number of nitrogens with zero attached hydrogens (tertiary/aromatic N) is 1. The second-order valence-corrected chi connectivity index (χ2v) is 5.41. The SMILES string of the molecule is O=C(O)C1CCCCN1Cc1ccc(F)c(Cl)c1Cl. The zero-order valence-electron chi connectivity index (χ0n) is 10.2. The number of benzene rings is 1. The highest BCUT2D eigenvalue weighted by molar-refractivity contribution is 6.42. The van der Waals surface area contributed by atoms with Crippen LogP contribution < -0.4 is 0 Å². The van der Waals surface area contributed by atoms with Gasteiger partial charge < -0.3 is 5.11 Å². The minimum absolute atomic E-state index is 0.108. The van der Waals surface area contributed by atoms with E-state index in [1.54, 1.807) is 6.07 Å². The van der Waals surface area contributed by atoms with Crippen molar-refractivity contribution in [3.05, 3.63) is 33.6 Å². The lowest BCUT2D eigenvalue weighted by molar-refractivity contribution is -0.144. The van der Waals surface area contributed by atoms with Crippen molar-refractivity contribution >= 4 is 29.2 Å². The summed E-state index contributed by atoms with van der Waals surface area (Å²) < 4.78 is 13.2. The van der Waals surface area contributed by atoms with Crippen molar-refractivity contribution in [1.82, 2.24) is 4.90 Å². The second-order valence-electron chi connectivity index (χ2n) is 4.65. The molecule has 1 aromatic carbocycles. The Kier molecular flexibility index (Phi) is 4.66. The summed E-state index contributed by atoms with van der Waals surface area (Å²) in [6, 6.07) is 2.30. The molecule has 0 saturated carbocycles. The Morgan fingerprint density at radius 3 is 2.79 bits per heavy atom. The summed E-state index contributed by atoms with van der Waals surface area (Å²) in [6.07, 6.45) is 2.49. The van der Waals surface area contributed by atoms with E-state index in [1.807, 2.05) is 4.90 Å². The largest absolute Gasteiger partial charge is 0.480 e. The van der Waals surface area contributed by atoms with Gasteiger partial charge in [0.25, 0.3) is 0 Å². The molecule has 0 aliphatic carbocycles. The number of piperidine rings is 1. The van der Waals surface area contributed by atoms with Gasteiger partial charge in [0.1, 0.15) is 11.9 Å². The molecule has 0 aromatic heterocycles. The van der Waals surface area contributed by atoms with Gasteiger partial charge in [-0.2, -0.15) is 0 Å². The highest BCUT2D eigenvalue weighted by Crippen LogP contribution is 2.30. The first-order valence-corrected chi connectivity index (χ1v) is 6.85. The van der Waals surface area contributed by atoms with Crippen LogP contribution in [0, 0.1) is 5.82 Å². The molecule has 104 valence electrons. The molecule has 1 aliphatic rings. The summed E-state index contributed by atoms with van der Waals surface area (Å²) in [5.74, 6) is -1.40. The lowest BCUT2D eigenvalue weighted by Gasteiger charge is -2.33. The standard InChI is InChI=1S/C13H14Cl2FNO2/c14-11-8(4-5-9(16)12(11)15)7-17-6-2-1-3-10(17)13(18)19/h4-5,10H,1-3,6-7H2,(H,18,19). The maximum Gasteiger partial charge on any atom is 0.320 e. The molecule has 0 spiro atoms. The predicted molar refractivity (Wildman–Crippen MR) is 72.1 cm³/mol. The summed E-state index contributed by atoms with van der Waals surface area (Å²) in [5.41, 5.74) is 0.654. The van der Waals surface area contributed by atoms with Crippen LogP contribution in [0.5, 0.6) is 0 Å². The first-order chi connectivity index (χ1) is 9.00. The van der Waals surface area contributed by atoms with Crippen LogP contribution in [0.25, 0.3) is 0 Å². The first kappa shape index (κ1) is 14.6. The van der Waals surface area contributed by atoms with Crippen molar-refractivity contribution in [2.75, 3.05) is 6.54 Å². The van der Waals surface area contributed by atoms with Gasteiger partial charge in [-0.25, -0.2) is 4.39 Å². The normalized spacial score (nSPS) is 20.5. The average Bonchev–Trinajstić information content (AvgIpc) is 2.40. The molecule has 1 atom stereocenters. The van der Waals surface area contributed by atoms with E-state index in [4.69, 9.17) is 23.2 Å². The van der Waals surface area contributed by atoms with Crippen LogP contribution in [0.2, 0.25) is 10.0 Å². The summed E-state index contributed by atoms with van der Waals surface area (Å²) in [6.45, 7) is 1.07. The van der Waals surface area contributed by atoms with Crippen LogP contribution in [-0.4, -0.2) is 28.6 Å². The van der Waals surface area contributed by atoms with E-state index in [9.17, 15) is 14.3 Å². The van der Waals surface area contributed by atoms with Crippen LogP contribution in [0.4, 0.5) is 4.39 Å². The molecule has 1 unspecified atom stereocenters. The molecule has 1 N–H and O–H groups in total. The number of hydrogen-bond donors (Lipinski definition) is 1. The molecule has 0 radical (unpaired) electrons. The fourth-order valence-corrected chi connectivity index (χ4v) is 2.76. The highest BCUT2D eigenvalue weighted by Gasteiger charge is 2.28. The number of rotatable bonds is 3. The number of carboxylic acids is 1. The van der Waals surface area contributed by atoms with Gasteiger partial charge in [0.05, 0.1) is 10.0 Å². The zero-order chi connectivity index (χ0) is 14.0. The summed E-state index contributed by atoms with van der Waals surface area (Å²) >= 11 is 11.8. The fourth-order valence-electron chi connectivity index (χ4n) is 2.37. The molecule has 1 heterocycles. The molecule has 1 fully saturated rings. The molecule has 0 bridgehead atoms. The molecule has 1 aromatic rings. The Balaban J connectivity index is 2.20. The predicted octanol–water partition coefficient (Wildman–Crippen LogP) is 3.57. The van der Waals surface area contributed by atoms with E-state index in [1.165, 1.54) is 6.07 Å². The minimum Gasteiger partial charge on any atom is -0.480 e. The van der Waals surface area contributed by atoms with Crippen molar-refractivity contribution in [3.63, 3.8) is 0 Å². The topological polar surface area (TPSA) is 40.5 Å². The van der Waals surface area contributed by atoms with Gasteiger partial charge in [-0.3, -0.25) is 9.69 Å². The van der Waals surface area contributed by atoms with Gasteiger partial charge >= 0.3 is 5.97 Å². The Labute approximate surface area is 120 Å². The van der Waals surface area contributed by atoms with Crippen molar-refractivity contribution in [2.45, 2.75) is 31.8 Å². The summed E-state index contributed by atoms with van der Waals surface area (Å²) in [7, 11) is 0. The maximum absolute atomic E-state index is 13.2. The molecular weight excluding hydrogens is 292 g/mol. The average molecular weight is 306 g/mol. The second kappa shape index (κ2) is 6.07. The van der Waals surface area contributed by atoms with Gasteiger partial charge in [0, 0.05) is 6.54 Å². The van der Waals surface area contributed by atoms with Crippen molar-refractivity contribution in [2.24, 2.45) is 0 Å². The minimum atomic E-state index is -0.830. The van der Waals surface area contributed by atoms with Crippen molar-refractivity contribution in [3.8, 4) is 0 Å². The Morgan fingerprint density at radius 2 is 2.11 bits per heavy atom. The molecule has 1 aliphatic heterocycles. The van der Waals surface area contributed by atoms with Gasteiger partial charge in [0.15, 0.2) is 0 Å². The number of likely N-dealkylation sites (tertiary alicyclic amines) is 1. The van der Waals surface area contributed by atoms with Crippen LogP contribution >= 0.6 is 23.2 Å². The number of hydrogen-bond acceptors (Lipinski definition) is 2. The third-order valence-electron chi connectivity index (χ3n) is 3.39. The van der Waals surface area contributed by atoms with Crippen LogP contribution in [0.1, 0.15) is 24.8 Å². The fraction of sp³-hybridized carbons (Fsp3) is 0.462. The summed E-state index contributed by atoms with van der Waals surface area (Å²) in [4.78, 5) is 13.0. The van der Waals surface area contributed by atoms with Crippen molar-refractivity contribution < 1.29 is 14.3 Å². The zero-order valence-corrected chi connectivity index (χ0v) is 11.7. The number of carbonyl (C=O) groups is 1. The number of carboxylic acid groups (broad SMARTS) is 1. The van der Waals surface area contributed by atoms with E-state index >= 15 is 0 Å². The van der Waals surface area contributed by atoms with Gasteiger partial charge in [0.2, 0.25) is 0 Å². The Hall–Kier alpha value is -0.840. The van der Waals surface area contributed by atoms with E-state index in [2.05, 4.69) is 0 Å². The molecule has 2 rings (SSSR count). The monoisotopic (exact) mass is 305 g/mol.